The second-order valence-corrected chi connectivity index (χ2v) is 5.02. The molecule has 0 spiro atoms. The number of anilines is 2. The fourth-order valence-electron chi connectivity index (χ4n) is 2.21. The highest BCUT2D eigenvalue weighted by Crippen LogP contribution is 2.28. The van der Waals surface area contributed by atoms with Gasteiger partial charge < -0.3 is 14.8 Å². The Kier molecular flexibility index (Phi) is 4.79. The summed E-state index contributed by atoms with van der Waals surface area (Å²) in [6, 6.07) is 14.1. The van der Waals surface area contributed by atoms with Crippen LogP contribution in [-0.4, -0.2) is 35.4 Å². The Labute approximate surface area is 144 Å². The van der Waals surface area contributed by atoms with Crippen molar-refractivity contribution in [1.82, 2.24) is 15.2 Å². The Morgan fingerprint density at radius 3 is 2.56 bits per heavy atom. The molecule has 1 heterocycles. The van der Waals surface area contributed by atoms with Gasteiger partial charge in [0.15, 0.2) is 5.82 Å². The third-order valence-corrected chi connectivity index (χ3v) is 3.41. The fourth-order valence-corrected chi connectivity index (χ4v) is 2.21. The zero-order valence-corrected chi connectivity index (χ0v) is 13.7. The van der Waals surface area contributed by atoms with Gasteiger partial charge >= 0.3 is 6.03 Å². The maximum atomic E-state index is 12.2. The standard InChI is InChI=1S/C17H17N5O3/c1-24-12-8-9-14(25-2)13(10-12)18-17(23)20-16-19-15(21-22-16)11-6-4-3-5-7-11/h3-10H,1-2H3,(H3,18,19,20,21,22,23). The van der Waals surface area contributed by atoms with Gasteiger partial charge in [0.25, 0.3) is 5.95 Å². The van der Waals surface area contributed by atoms with Crippen LogP contribution in [0.3, 0.4) is 0 Å². The zero-order chi connectivity index (χ0) is 17.6. The van der Waals surface area contributed by atoms with Crippen LogP contribution in [-0.2, 0) is 0 Å². The number of urea groups is 1. The van der Waals surface area contributed by atoms with E-state index in [0.29, 0.717) is 23.0 Å². The van der Waals surface area contributed by atoms with E-state index in [-0.39, 0.29) is 5.95 Å². The molecule has 3 rings (SSSR count). The molecule has 0 aliphatic carbocycles. The molecule has 1 aromatic heterocycles. The van der Waals surface area contributed by atoms with Crippen molar-refractivity contribution in [3.63, 3.8) is 0 Å². The molecule has 0 unspecified atom stereocenters. The maximum Gasteiger partial charge on any atom is 0.326 e. The summed E-state index contributed by atoms with van der Waals surface area (Å²) in [6.45, 7) is 0. The lowest BCUT2D eigenvalue weighted by molar-refractivity contribution is 0.262. The number of nitrogens with one attached hydrogen (secondary N) is 3. The molecule has 0 aliphatic heterocycles. The fraction of sp³-hybridized carbons (Fsp3) is 0.118. The van der Waals surface area contributed by atoms with Crippen molar-refractivity contribution < 1.29 is 14.3 Å². The molecule has 0 saturated heterocycles. The van der Waals surface area contributed by atoms with Gasteiger partial charge in [-0.3, -0.25) is 10.4 Å². The number of hydrogen-bond donors (Lipinski definition) is 3. The Bertz CT molecular complexity index is 864. The molecule has 8 heteroatoms. The lowest BCUT2D eigenvalue weighted by Gasteiger charge is -2.11. The van der Waals surface area contributed by atoms with E-state index in [9.17, 15) is 4.79 Å². The van der Waals surface area contributed by atoms with Crippen LogP contribution >= 0.6 is 0 Å². The van der Waals surface area contributed by atoms with Crippen molar-refractivity contribution in [2.75, 3.05) is 24.9 Å². The molecule has 2 amide bonds. The van der Waals surface area contributed by atoms with Crippen LogP contribution in [0.5, 0.6) is 11.5 Å². The Balaban J connectivity index is 1.70. The third kappa shape index (κ3) is 3.86. The number of hydrogen-bond acceptors (Lipinski definition) is 5. The molecule has 8 nitrogen and oxygen atoms in total. The molecule has 3 N–H and O–H groups in total. The molecule has 0 radical (unpaired) electrons. The topological polar surface area (TPSA) is 101 Å². The van der Waals surface area contributed by atoms with Gasteiger partial charge in [0.2, 0.25) is 0 Å². The number of amides is 2. The first-order chi connectivity index (χ1) is 12.2. The molecule has 0 saturated carbocycles. The molecule has 3 aromatic rings. The van der Waals surface area contributed by atoms with Crippen LogP contribution < -0.4 is 20.1 Å². The van der Waals surface area contributed by atoms with E-state index in [2.05, 4.69) is 25.8 Å². The van der Waals surface area contributed by atoms with Gasteiger partial charge in [0.1, 0.15) is 11.5 Å². The monoisotopic (exact) mass is 339 g/mol. The van der Waals surface area contributed by atoms with Crippen LogP contribution in [0.2, 0.25) is 0 Å². The van der Waals surface area contributed by atoms with Crippen molar-refractivity contribution in [2.24, 2.45) is 0 Å². The van der Waals surface area contributed by atoms with Gasteiger partial charge in [-0.15, -0.1) is 5.10 Å². The smallest absolute Gasteiger partial charge is 0.326 e. The zero-order valence-electron chi connectivity index (χ0n) is 13.7. The van der Waals surface area contributed by atoms with Gasteiger partial charge in [0, 0.05) is 11.6 Å². The van der Waals surface area contributed by atoms with Crippen LogP contribution in [0.15, 0.2) is 48.5 Å². The molecular formula is C17H17N5O3. The molecule has 2 aromatic carbocycles. The molecule has 0 atom stereocenters. The number of nitrogens with zero attached hydrogens (tertiary/aromatic N) is 2. The minimum atomic E-state index is -0.495. The second-order valence-electron chi connectivity index (χ2n) is 5.02. The first kappa shape index (κ1) is 16.3. The lowest BCUT2D eigenvalue weighted by Crippen LogP contribution is -2.20. The second kappa shape index (κ2) is 7.35. The lowest BCUT2D eigenvalue weighted by atomic mass is 10.2. The molecule has 0 bridgehead atoms. The van der Waals surface area contributed by atoms with Crippen LogP contribution in [0.4, 0.5) is 16.4 Å². The first-order valence-electron chi connectivity index (χ1n) is 7.47. The van der Waals surface area contributed by atoms with Gasteiger partial charge in [-0.25, -0.2) is 4.79 Å². The molecule has 128 valence electrons. The van der Waals surface area contributed by atoms with Crippen molar-refractivity contribution in [3.8, 4) is 22.9 Å². The van der Waals surface area contributed by atoms with Crippen LogP contribution in [0.1, 0.15) is 0 Å². The number of benzene rings is 2. The van der Waals surface area contributed by atoms with Crippen molar-refractivity contribution in [1.29, 1.82) is 0 Å². The summed E-state index contributed by atoms with van der Waals surface area (Å²) in [5, 5.41) is 12.0. The number of aromatic nitrogens is 3. The number of H-pyrrole nitrogens is 1. The summed E-state index contributed by atoms with van der Waals surface area (Å²) >= 11 is 0. The van der Waals surface area contributed by atoms with E-state index in [0.717, 1.165) is 5.56 Å². The largest absolute Gasteiger partial charge is 0.497 e. The number of ether oxygens (including phenoxy) is 2. The van der Waals surface area contributed by atoms with Gasteiger partial charge in [-0.05, 0) is 12.1 Å². The predicted octanol–water partition coefficient (Wildman–Crippen LogP) is 3.13. The first-order valence-corrected chi connectivity index (χ1v) is 7.47. The Hall–Kier alpha value is -3.55. The Morgan fingerprint density at radius 2 is 1.84 bits per heavy atom. The SMILES string of the molecule is COc1ccc(OC)c(NC(=O)Nc2n[nH]c(-c3ccccc3)n2)c1. The van der Waals surface area contributed by atoms with E-state index in [1.165, 1.54) is 7.11 Å². The van der Waals surface area contributed by atoms with Crippen LogP contribution in [0, 0.1) is 0 Å². The van der Waals surface area contributed by atoms with E-state index in [4.69, 9.17) is 9.47 Å². The van der Waals surface area contributed by atoms with Crippen LogP contribution in [0.25, 0.3) is 11.4 Å². The molecule has 25 heavy (non-hydrogen) atoms. The highest BCUT2D eigenvalue weighted by molar-refractivity contribution is 5.99. The van der Waals surface area contributed by atoms with Gasteiger partial charge in [-0.1, -0.05) is 30.3 Å². The van der Waals surface area contributed by atoms with Crippen molar-refractivity contribution >= 4 is 17.7 Å². The third-order valence-electron chi connectivity index (χ3n) is 3.41. The van der Waals surface area contributed by atoms with E-state index in [1.54, 1.807) is 25.3 Å². The number of rotatable bonds is 5. The number of carbonyl (C=O) groups is 1. The summed E-state index contributed by atoms with van der Waals surface area (Å²) in [5.41, 5.74) is 1.34. The predicted molar refractivity (Wildman–Crippen MR) is 94.0 cm³/mol. The summed E-state index contributed by atoms with van der Waals surface area (Å²) < 4.78 is 10.4. The molecular weight excluding hydrogens is 322 g/mol. The Morgan fingerprint density at radius 1 is 1.04 bits per heavy atom. The maximum absolute atomic E-state index is 12.2. The minimum Gasteiger partial charge on any atom is -0.497 e. The average Bonchev–Trinajstić information content (AvgIpc) is 3.10. The van der Waals surface area contributed by atoms with E-state index >= 15 is 0 Å². The van der Waals surface area contributed by atoms with Gasteiger partial charge in [-0.2, -0.15) is 4.98 Å². The minimum absolute atomic E-state index is 0.165. The van der Waals surface area contributed by atoms with E-state index < -0.39 is 6.03 Å². The van der Waals surface area contributed by atoms with Crippen molar-refractivity contribution in [2.45, 2.75) is 0 Å². The summed E-state index contributed by atoms with van der Waals surface area (Å²) in [7, 11) is 3.07. The number of carbonyl (C=O) groups excluding carboxylic acids is 1. The van der Waals surface area contributed by atoms with E-state index in [1.807, 2.05) is 30.3 Å². The number of aromatic amines is 1. The quantitative estimate of drug-likeness (QED) is 0.663. The highest BCUT2D eigenvalue weighted by Gasteiger charge is 2.12. The number of methoxy groups -OCH3 is 2. The molecule has 0 aliphatic rings. The highest BCUT2D eigenvalue weighted by atomic mass is 16.5. The van der Waals surface area contributed by atoms with Gasteiger partial charge in [0.05, 0.1) is 19.9 Å². The normalized spacial score (nSPS) is 10.2. The van der Waals surface area contributed by atoms with Crippen molar-refractivity contribution in [3.05, 3.63) is 48.5 Å². The summed E-state index contributed by atoms with van der Waals surface area (Å²) in [5.74, 6) is 1.84. The summed E-state index contributed by atoms with van der Waals surface area (Å²) in [4.78, 5) is 16.4. The average molecular weight is 339 g/mol. The summed E-state index contributed by atoms with van der Waals surface area (Å²) in [6.07, 6.45) is 0. The molecule has 0 fully saturated rings.